The quantitative estimate of drug-likeness (QED) is 0.845. The summed E-state index contributed by atoms with van der Waals surface area (Å²) in [6, 6.07) is 15.0. The zero-order chi connectivity index (χ0) is 20.4. The molecule has 2 aromatic carbocycles. The minimum absolute atomic E-state index is 0.0923. The van der Waals surface area contributed by atoms with Crippen molar-refractivity contribution in [3.63, 3.8) is 0 Å². The number of nitrogens with zero attached hydrogens (tertiary/aromatic N) is 2. The first-order valence-electron chi connectivity index (χ1n) is 8.62. The number of hydrogen-bond donors (Lipinski definition) is 1. The van der Waals surface area contributed by atoms with Crippen molar-refractivity contribution in [2.24, 2.45) is 5.10 Å². The number of hydrazone groups is 1. The minimum atomic E-state index is -4.75. The van der Waals surface area contributed by atoms with E-state index in [1.165, 1.54) is 25.3 Å². The Labute approximate surface area is 160 Å². The van der Waals surface area contributed by atoms with Crippen LogP contribution in [0.2, 0.25) is 0 Å². The van der Waals surface area contributed by atoms with E-state index in [1.807, 2.05) is 30.3 Å². The summed E-state index contributed by atoms with van der Waals surface area (Å²) in [6.45, 7) is 0. The van der Waals surface area contributed by atoms with E-state index in [0.717, 1.165) is 5.56 Å². The SMILES string of the molecule is COc1cccc([C@@]2(O)CC(C(F)(F)F)=NN2C(=O)CCc2ccccc2)c1. The van der Waals surface area contributed by atoms with Crippen LogP contribution in [0.1, 0.15) is 24.0 Å². The van der Waals surface area contributed by atoms with E-state index in [0.29, 0.717) is 17.2 Å². The third-order valence-electron chi connectivity index (χ3n) is 4.55. The summed E-state index contributed by atoms with van der Waals surface area (Å²) >= 11 is 0. The molecule has 0 aliphatic carbocycles. The molecule has 28 heavy (non-hydrogen) atoms. The van der Waals surface area contributed by atoms with Crippen molar-refractivity contribution < 1.29 is 27.8 Å². The van der Waals surface area contributed by atoms with E-state index in [9.17, 15) is 23.1 Å². The van der Waals surface area contributed by atoms with Gasteiger partial charge in [-0.2, -0.15) is 23.3 Å². The molecule has 0 saturated carbocycles. The van der Waals surface area contributed by atoms with Gasteiger partial charge in [-0.15, -0.1) is 0 Å². The molecule has 1 heterocycles. The van der Waals surface area contributed by atoms with Gasteiger partial charge in [0.25, 0.3) is 0 Å². The van der Waals surface area contributed by atoms with Gasteiger partial charge in [-0.3, -0.25) is 4.79 Å². The smallest absolute Gasteiger partial charge is 0.431 e. The standard InChI is InChI=1S/C20H19F3N2O3/c1-28-16-9-5-8-15(12-16)19(27)13-17(20(21,22)23)24-25(19)18(26)11-10-14-6-3-2-4-7-14/h2-9,12,27H,10-11,13H2,1H3/t19-/m0/s1. The summed E-state index contributed by atoms with van der Waals surface area (Å²) < 4.78 is 44.8. The van der Waals surface area contributed by atoms with Crippen molar-refractivity contribution in [1.29, 1.82) is 0 Å². The van der Waals surface area contributed by atoms with Gasteiger partial charge >= 0.3 is 6.18 Å². The van der Waals surface area contributed by atoms with E-state index in [1.54, 1.807) is 6.07 Å². The van der Waals surface area contributed by atoms with Gasteiger partial charge in [0, 0.05) is 12.0 Å². The average Bonchev–Trinajstić information content (AvgIpc) is 3.06. The van der Waals surface area contributed by atoms with Crippen molar-refractivity contribution >= 4 is 11.6 Å². The molecular formula is C20H19F3N2O3. The number of carbonyl (C=O) groups is 1. The highest BCUT2D eigenvalue weighted by Crippen LogP contribution is 2.40. The Balaban J connectivity index is 1.90. The van der Waals surface area contributed by atoms with E-state index in [2.05, 4.69) is 5.10 Å². The number of rotatable bonds is 5. The van der Waals surface area contributed by atoms with Crippen LogP contribution in [0.3, 0.4) is 0 Å². The Morgan fingerprint density at radius 3 is 2.57 bits per heavy atom. The highest BCUT2D eigenvalue weighted by molar-refractivity contribution is 5.94. The summed E-state index contributed by atoms with van der Waals surface area (Å²) in [7, 11) is 1.40. The van der Waals surface area contributed by atoms with Crippen LogP contribution in [0.15, 0.2) is 59.7 Å². The molecule has 2 aromatic rings. The lowest BCUT2D eigenvalue weighted by Gasteiger charge is -2.31. The van der Waals surface area contributed by atoms with Crippen LogP contribution in [0.5, 0.6) is 5.75 Å². The van der Waals surface area contributed by atoms with Gasteiger partial charge in [0.2, 0.25) is 5.91 Å². The first-order valence-corrected chi connectivity index (χ1v) is 8.62. The van der Waals surface area contributed by atoms with Crippen LogP contribution in [0.4, 0.5) is 13.2 Å². The number of hydrogen-bond acceptors (Lipinski definition) is 4. The fourth-order valence-electron chi connectivity index (χ4n) is 3.06. The topological polar surface area (TPSA) is 62.1 Å². The van der Waals surface area contributed by atoms with E-state index in [-0.39, 0.29) is 12.0 Å². The van der Waals surface area contributed by atoms with Crippen LogP contribution in [-0.4, -0.2) is 35.0 Å². The summed E-state index contributed by atoms with van der Waals surface area (Å²) in [5.41, 5.74) is -2.47. The second-order valence-electron chi connectivity index (χ2n) is 6.46. The van der Waals surface area contributed by atoms with Gasteiger partial charge in [0.05, 0.1) is 13.5 Å². The molecule has 0 radical (unpaired) electrons. The lowest BCUT2D eigenvalue weighted by atomic mass is 9.96. The number of benzene rings is 2. The van der Waals surface area contributed by atoms with Gasteiger partial charge in [-0.05, 0) is 24.1 Å². The number of alkyl halides is 3. The Bertz CT molecular complexity index is 884. The molecule has 0 spiro atoms. The largest absolute Gasteiger partial charge is 0.497 e. The van der Waals surface area contributed by atoms with Gasteiger partial charge in [-0.25, -0.2) is 0 Å². The third-order valence-corrected chi connectivity index (χ3v) is 4.55. The number of methoxy groups -OCH3 is 1. The van der Waals surface area contributed by atoms with Crippen LogP contribution in [-0.2, 0) is 16.9 Å². The Hall–Kier alpha value is -2.87. The monoisotopic (exact) mass is 392 g/mol. The molecule has 0 saturated heterocycles. The van der Waals surface area contributed by atoms with Gasteiger partial charge < -0.3 is 9.84 Å². The van der Waals surface area contributed by atoms with E-state index < -0.39 is 29.9 Å². The molecule has 1 atom stereocenters. The number of halogens is 3. The number of ether oxygens (including phenoxy) is 1. The Morgan fingerprint density at radius 1 is 1.21 bits per heavy atom. The summed E-state index contributed by atoms with van der Waals surface area (Å²) in [6.07, 6.45) is -5.37. The zero-order valence-corrected chi connectivity index (χ0v) is 15.1. The number of amides is 1. The number of carbonyl (C=O) groups excluding carboxylic acids is 1. The van der Waals surface area contributed by atoms with Gasteiger partial charge in [0.1, 0.15) is 11.5 Å². The maximum Gasteiger partial charge on any atom is 0.431 e. The molecule has 148 valence electrons. The van der Waals surface area contributed by atoms with Crippen LogP contribution in [0.25, 0.3) is 0 Å². The molecule has 3 rings (SSSR count). The molecule has 8 heteroatoms. The van der Waals surface area contributed by atoms with Crippen molar-refractivity contribution in [1.82, 2.24) is 5.01 Å². The second-order valence-corrected chi connectivity index (χ2v) is 6.46. The van der Waals surface area contributed by atoms with Crippen molar-refractivity contribution in [2.45, 2.75) is 31.2 Å². The molecule has 0 unspecified atom stereocenters. The molecular weight excluding hydrogens is 373 g/mol. The predicted octanol–water partition coefficient (Wildman–Crippen LogP) is 3.62. The number of aliphatic hydroxyl groups is 1. The van der Waals surface area contributed by atoms with Crippen LogP contribution in [0, 0.1) is 0 Å². The Morgan fingerprint density at radius 2 is 1.93 bits per heavy atom. The molecule has 0 fully saturated rings. The van der Waals surface area contributed by atoms with E-state index >= 15 is 0 Å². The number of aryl methyl sites for hydroxylation is 1. The second kappa shape index (κ2) is 7.63. The average molecular weight is 392 g/mol. The minimum Gasteiger partial charge on any atom is -0.497 e. The maximum absolute atomic E-state index is 13.2. The fourth-order valence-corrected chi connectivity index (χ4v) is 3.06. The van der Waals surface area contributed by atoms with Crippen LogP contribution < -0.4 is 4.74 Å². The fraction of sp³-hybridized carbons (Fsp3) is 0.300. The van der Waals surface area contributed by atoms with Crippen molar-refractivity contribution in [3.05, 3.63) is 65.7 Å². The highest BCUT2D eigenvalue weighted by Gasteiger charge is 2.52. The Kier molecular flexibility index (Phi) is 5.42. The zero-order valence-electron chi connectivity index (χ0n) is 15.1. The lowest BCUT2D eigenvalue weighted by Crippen LogP contribution is -2.43. The first kappa shape index (κ1) is 19.9. The molecule has 1 N–H and O–H groups in total. The molecule has 5 nitrogen and oxygen atoms in total. The maximum atomic E-state index is 13.2. The molecule has 0 bridgehead atoms. The van der Waals surface area contributed by atoms with E-state index in [4.69, 9.17) is 4.74 Å². The summed E-state index contributed by atoms with van der Waals surface area (Å²) in [4.78, 5) is 12.7. The lowest BCUT2D eigenvalue weighted by molar-refractivity contribution is -0.157. The van der Waals surface area contributed by atoms with Crippen molar-refractivity contribution in [3.8, 4) is 5.75 Å². The molecule has 1 aliphatic heterocycles. The molecule has 0 aromatic heterocycles. The molecule has 1 aliphatic rings. The summed E-state index contributed by atoms with van der Waals surface area (Å²) in [5, 5.41) is 15.1. The van der Waals surface area contributed by atoms with Gasteiger partial charge in [-0.1, -0.05) is 42.5 Å². The summed E-state index contributed by atoms with van der Waals surface area (Å²) in [5.74, 6) is -0.350. The van der Waals surface area contributed by atoms with Crippen molar-refractivity contribution in [2.75, 3.05) is 7.11 Å². The predicted molar refractivity (Wildman–Crippen MR) is 96.6 cm³/mol. The third kappa shape index (κ3) is 4.01. The highest BCUT2D eigenvalue weighted by atomic mass is 19.4. The molecule has 1 amide bonds. The first-order chi connectivity index (χ1) is 13.2. The van der Waals surface area contributed by atoms with Gasteiger partial charge in [0.15, 0.2) is 5.72 Å². The normalized spacial score (nSPS) is 19.5. The van der Waals surface area contributed by atoms with Crippen LogP contribution >= 0.6 is 0 Å².